The van der Waals surface area contributed by atoms with Crippen LogP contribution < -0.4 is 15.9 Å². The summed E-state index contributed by atoms with van der Waals surface area (Å²) in [5.74, 6) is -1.90. The Morgan fingerprint density at radius 3 is 2.26 bits per heavy atom. The number of aryl methyl sites for hydroxylation is 1. The Labute approximate surface area is 222 Å². The van der Waals surface area contributed by atoms with Gasteiger partial charge in [-0.2, -0.15) is 13.2 Å². The van der Waals surface area contributed by atoms with E-state index in [0.29, 0.717) is 17.8 Å². The Kier molecular flexibility index (Phi) is 7.81. The number of rotatable bonds is 7. The van der Waals surface area contributed by atoms with Gasteiger partial charge in [0, 0.05) is 33.8 Å². The number of nitrogens with two attached hydrogens (primary N) is 1. The summed E-state index contributed by atoms with van der Waals surface area (Å²) in [5.41, 5.74) is 5.90. The molecule has 0 saturated heterocycles. The minimum absolute atomic E-state index is 0.0236. The Bertz CT molecular complexity index is 1590. The first-order chi connectivity index (χ1) is 18.4. The summed E-state index contributed by atoms with van der Waals surface area (Å²) in [4.78, 5) is 13.8. The molecule has 0 amide bonds. The molecular formula is C30H27F5N2O2. The van der Waals surface area contributed by atoms with Crippen molar-refractivity contribution in [3.05, 3.63) is 116 Å². The fourth-order valence-corrected chi connectivity index (χ4v) is 4.90. The molecule has 0 fully saturated rings. The van der Waals surface area contributed by atoms with Crippen LogP contribution in [0.1, 0.15) is 33.6 Å². The zero-order valence-electron chi connectivity index (χ0n) is 21.6. The van der Waals surface area contributed by atoms with Crippen molar-refractivity contribution in [3.63, 3.8) is 0 Å². The molecule has 0 radical (unpaired) electrons. The van der Waals surface area contributed by atoms with E-state index in [4.69, 9.17) is 10.5 Å². The highest BCUT2D eigenvalue weighted by Gasteiger charge is 2.35. The number of alkyl halides is 3. The second-order valence-corrected chi connectivity index (χ2v) is 9.27. The lowest BCUT2D eigenvalue weighted by Gasteiger charge is -2.23. The number of nitrogen functional groups attached to an aromatic ring is 1. The zero-order valence-corrected chi connectivity index (χ0v) is 21.6. The van der Waals surface area contributed by atoms with Crippen LogP contribution in [0.5, 0.6) is 5.75 Å². The summed E-state index contributed by atoms with van der Waals surface area (Å²) < 4.78 is 78.2. The van der Waals surface area contributed by atoms with E-state index in [9.17, 15) is 22.4 Å². The molecule has 0 unspecified atom stereocenters. The van der Waals surface area contributed by atoms with Crippen LogP contribution in [0.25, 0.3) is 11.1 Å². The molecular weight excluding hydrogens is 515 g/mol. The monoisotopic (exact) mass is 542 g/mol. The molecule has 0 spiro atoms. The van der Waals surface area contributed by atoms with Gasteiger partial charge in [-0.05, 0) is 62.6 Å². The number of methoxy groups -OCH3 is 1. The summed E-state index contributed by atoms with van der Waals surface area (Å²) >= 11 is 0. The highest BCUT2D eigenvalue weighted by Crippen LogP contribution is 2.35. The van der Waals surface area contributed by atoms with Crippen LogP contribution in [0.3, 0.4) is 0 Å². The molecule has 0 aliphatic heterocycles. The van der Waals surface area contributed by atoms with E-state index in [1.807, 2.05) is 6.07 Å². The van der Waals surface area contributed by atoms with Crippen LogP contribution in [0.15, 0.2) is 65.5 Å². The van der Waals surface area contributed by atoms with Crippen molar-refractivity contribution >= 4 is 5.69 Å². The molecule has 1 heterocycles. The number of aromatic nitrogens is 1. The maximum Gasteiger partial charge on any atom is 0.416 e. The lowest BCUT2D eigenvalue weighted by atomic mass is 9.94. The Hall–Kier alpha value is -4.14. The molecule has 4 nitrogen and oxygen atoms in total. The maximum atomic E-state index is 15.4. The molecule has 3 aromatic carbocycles. The highest BCUT2D eigenvalue weighted by atomic mass is 19.4. The van der Waals surface area contributed by atoms with Crippen LogP contribution in [0, 0.1) is 25.5 Å². The largest absolute Gasteiger partial charge is 0.494 e. The van der Waals surface area contributed by atoms with Gasteiger partial charge in [-0.25, -0.2) is 8.78 Å². The highest BCUT2D eigenvalue weighted by molar-refractivity contribution is 5.69. The normalized spacial score (nSPS) is 11.6. The number of pyridine rings is 1. The second-order valence-electron chi connectivity index (χ2n) is 9.27. The van der Waals surface area contributed by atoms with E-state index < -0.39 is 40.9 Å². The average molecular weight is 543 g/mol. The van der Waals surface area contributed by atoms with Gasteiger partial charge in [0.05, 0.1) is 24.8 Å². The lowest BCUT2D eigenvalue weighted by Crippen LogP contribution is -2.25. The van der Waals surface area contributed by atoms with Gasteiger partial charge in [-0.3, -0.25) is 4.79 Å². The number of hydrogen-bond acceptors (Lipinski definition) is 3. The Morgan fingerprint density at radius 1 is 0.897 bits per heavy atom. The van der Waals surface area contributed by atoms with Crippen molar-refractivity contribution in [2.75, 3.05) is 12.8 Å². The first-order valence-electron chi connectivity index (χ1n) is 12.2. The van der Waals surface area contributed by atoms with E-state index in [-0.39, 0.29) is 34.6 Å². The molecule has 4 rings (SSSR count). The Balaban J connectivity index is 1.96. The summed E-state index contributed by atoms with van der Waals surface area (Å²) in [6, 6.07) is 14.2. The van der Waals surface area contributed by atoms with Crippen molar-refractivity contribution in [3.8, 4) is 16.9 Å². The van der Waals surface area contributed by atoms with E-state index in [1.54, 1.807) is 25.1 Å². The van der Waals surface area contributed by atoms with Gasteiger partial charge in [0.15, 0.2) is 17.0 Å². The van der Waals surface area contributed by atoms with E-state index in [2.05, 4.69) is 0 Å². The van der Waals surface area contributed by atoms with Crippen molar-refractivity contribution in [1.82, 2.24) is 4.57 Å². The van der Waals surface area contributed by atoms with Crippen molar-refractivity contribution < 1.29 is 26.7 Å². The van der Waals surface area contributed by atoms with Crippen molar-refractivity contribution in [2.24, 2.45) is 0 Å². The van der Waals surface area contributed by atoms with Crippen LogP contribution in [0.2, 0.25) is 0 Å². The predicted molar refractivity (Wildman–Crippen MR) is 141 cm³/mol. The molecule has 4 aromatic rings. The summed E-state index contributed by atoms with van der Waals surface area (Å²) in [5, 5.41) is 0. The molecule has 0 aliphatic rings. The number of hydrogen-bond donors (Lipinski definition) is 1. The average Bonchev–Trinajstić information content (AvgIpc) is 2.87. The third-order valence-electron chi connectivity index (χ3n) is 6.92. The minimum Gasteiger partial charge on any atom is -0.494 e. The first-order valence-corrected chi connectivity index (χ1v) is 12.2. The van der Waals surface area contributed by atoms with E-state index >= 15 is 4.39 Å². The molecule has 1 aromatic heterocycles. The number of benzene rings is 3. The maximum absolute atomic E-state index is 15.4. The predicted octanol–water partition coefficient (Wildman–Crippen LogP) is 6.85. The molecule has 39 heavy (non-hydrogen) atoms. The molecule has 0 saturated carbocycles. The third-order valence-corrected chi connectivity index (χ3v) is 6.92. The summed E-state index contributed by atoms with van der Waals surface area (Å²) in [7, 11) is 1.29. The Morgan fingerprint density at radius 2 is 1.59 bits per heavy atom. The van der Waals surface area contributed by atoms with Crippen LogP contribution in [0.4, 0.5) is 27.6 Å². The number of halogens is 5. The number of ether oxygens (including phenoxy) is 1. The third kappa shape index (κ3) is 5.53. The fraction of sp³-hybridized carbons (Fsp3) is 0.233. The van der Waals surface area contributed by atoms with Gasteiger partial charge >= 0.3 is 6.18 Å². The van der Waals surface area contributed by atoms with Gasteiger partial charge in [0.1, 0.15) is 5.82 Å². The van der Waals surface area contributed by atoms with Crippen molar-refractivity contribution in [2.45, 2.75) is 39.4 Å². The molecule has 9 heteroatoms. The molecule has 0 bridgehead atoms. The quantitative estimate of drug-likeness (QED) is 0.205. The van der Waals surface area contributed by atoms with Crippen molar-refractivity contribution in [1.29, 1.82) is 0 Å². The van der Waals surface area contributed by atoms with Gasteiger partial charge < -0.3 is 15.0 Å². The molecule has 0 aliphatic carbocycles. The van der Waals surface area contributed by atoms with Gasteiger partial charge in [0.25, 0.3) is 0 Å². The summed E-state index contributed by atoms with van der Waals surface area (Å²) in [6.45, 7) is 2.60. The standard InChI is InChI=1S/C30H27F5N2O2/c1-17-21(14-13-19-7-4-8-20(36)15-19)29(38)27(22-9-5-12-26(39-3)28(22)32)18(2)37(17)16-23-24(30(33,34)35)10-6-11-25(23)31/h4-12,15H,13-14,16,36H2,1-3H3. The van der Waals surface area contributed by atoms with Gasteiger partial charge in [0.2, 0.25) is 0 Å². The second kappa shape index (κ2) is 10.9. The first kappa shape index (κ1) is 27.9. The zero-order chi connectivity index (χ0) is 28.5. The SMILES string of the molecule is COc1cccc(-c2c(C)n(Cc3c(F)cccc3C(F)(F)F)c(C)c(CCc3cccc(N)c3)c2=O)c1F. The molecule has 0 atom stereocenters. The van der Waals surface area contributed by atoms with Crippen LogP contribution >= 0.6 is 0 Å². The smallest absolute Gasteiger partial charge is 0.416 e. The van der Waals surface area contributed by atoms with Gasteiger partial charge in [-0.1, -0.05) is 30.3 Å². The minimum atomic E-state index is -4.80. The fourth-order valence-electron chi connectivity index (χ4n) is 4.90. The lowest BCUT2D eigenvalue weighted by molar-refractivity contribution is -0.138. The van der Waals surface area contributed by atoms with E-state index in [0.717, 1.165) is 23.8 Å². The van der Waals surface area contributed by atoms with Gasteiger partial charge in [-0.15, -0.1) is 0 Å². The molecule has 2 N–H and O–H groups in total. The molecule has 204 valence electrons. The van der Waals surface area contributed by atoms with E-state index in [1.165, 1.54) is 36.8 Å². The van der Waals surface area contributed by atoms with Crippen LogP contribution in [-0.2, 0) is 25.6 Å². The number of nitrogens with zero attached hydrogens (tertiary/aromatic N) is 1. The summed E-state index contributed by atoms with van der Waals surface area (Å²) in [6.07, 6.45) is -4.19. The topological polar surface area (TPSA) is 57.2 Å². The number of anilines is 1. The van der Waals surface area contributed by atoms with Crippen LogP contribution in [-0.4, -0.2) is 11.7 Å².